The summed E-state index contributed by atoms with van der Waals surface area (Å²) in [6, 6.07) is 9.97. The van der Waals surface area contributed by atoms with E-state index in [0.717, 1.165) is 12.1 Å². The van der Waals surface area contributed by atoms with Crippen LogP contribution in [0.2, 0.25) is 0 Å². The first-order valence-electron chi connectivity index (χ1n) is 7.52. The van der Waals surface area contributed by atoms with Crippen molar-refractivity contribution in [3.05, 3.63) is 35.9 Å². The third-order valence-corrected chi connectivity index (χ3v) is 3.71. The van der Waals surface area contributed by atoms with E-state index in [0.29, 0.717) is 30.8 Å². The molecule has 0 atom stereocenters. The lowest BCUT2D eigenvalue weighted by atomic mass is 9.85. The molecule has 1 aromatic carbocycles. The maximum Gasteiger partial charge on any atom is 0.234 e. The average molecular weight is 276 g/mol. The molecule has 1 rings (SSSR count). The van der Waals surface area contributed by atoms with Gasteiger partial charge in [-0.2, -0.15) is 0 Å². The van der Waals surface area contributed by atoms with Crippen molar-refractivity contribution in [1.29, 1.82) is 0 Å². The Kier molecular flexibility index (Phi) is 7.31. The first-order chi connectivity index (χ1) is 9.50. The molecule has 0 saturated heterocycles. The molecule has 0 heterocycles. The van der Waals surface area contributed by atoms with Gasteiger partial charge in [-0.1, -0.05) is 58.0 Å². The summed E-state index contributed by atoms with van der Waals surface area (Å²) >= 11 is 0. The van der Waals surface area contributed by atoms with Crippen LogP contribution in [0.5, 0.6) is 0 Å². The smallest absolute Gasteiger partial charge is 0.234 e. The van der Waals surface area contributed by atoms with E-state index in [1.54, 1.807) is 0 Å². The molecule has 1 amide bonds. The van der Waals surface area contributed by atoms with Crippen LogP contribution in [-0.4, -0.2) is 19.0 Å². The minimum Gasteiger partial charge on any atom is -0.351 e. The zero-order valence-electron chi connectivity index (χ0n) is 13.1. The molecule has 0 bridgehead atoms. The molecule has 0 spiro atoms. The van der Waals surface area contributed by atoms with E-state index in [1.165, 1.54) is 0 Å². The highest BCUT2D eigenvalue weighted by Crippen LogP contribution is 2.19. The molecular weight excluding hydrogens is 248 g/mol. The summed E-state index contributed by atoms with van der Waals surface area (Å²) in [5.41, 5.74) is 1.13. The Balaban J connectivity index is 2.23. The summed E-state index contributed by atoms with van der Waals surface area (Å²) in [7, 11) is 0. The van der Waals surface area contributed by atoms with E-state index >= 15 is 0 Å². The second kappa shape index (κ2) is 8.75. The highest BCUT2D eigenvalue weighted by atomic mass is 16.1. The quantitative estimate of drug-likeness (QED) is 0.766. The minimum atomic E-state index is 0.0557. The summed E-state index contributed by atoms with van der Waals surface area (Å²) < 4.78 is 0. The predicted molar refractivity (Wildman–Crippen MR) is 84.3 cm³/mol. The number of rotatable bonds is 8. The lowest BCUT2D eigenvalue weighted by Gasteiger charge is -2.25. The number of nitrogens with one attached hydrogen (secondary N) is 2. The van der Waals surface area contributed by atoms with Gasteiger partial charge in [0, 0.05) is 6.54 Å². The van der Waals surface area contributed by atoms with Crippen LogP contribution in [0, 0.1) is 17.8 Å². The molecule has 112 valence electrons. The fourth-order valence-electron chi connectivity index (χ4n) is 2.45. The summed E-state index contributed by atoms with van der Waals surface area (Å²) in [6.07, 6.45) is 0. The van der Waals surface area contributed by atoms with Gasteiger partial charge in [0.05, 0.1) is 6.54 Å². The van der Waals surface area contributed by atoms with Gasteiger partial charge in [0.25, 0.3) is 0 Å². The maximum absolute atomic E-state index is 11.8. The van der Waals surface area contributed by atoms with Gasteiger partial charge in [0.15, 0.2) is 0 Å². The van der Waals surface area contributed by atoms with Crippen LogP contribution in [0.1, 0.15) is 33.3 Å². The van der Waals surface area contributed by atoms with Crippen LogP contribution in [0.3, 0.4) is 0 Å². The molecule has 3 nitrogen and oxygen atoms in total. The van der Waals surface area contributed by atoms with E-state index in [2.05, 4.69) is 38.3 Å². The molecule has 0 aromatic heterocycles. The number of amides is 1. The minimum absolute atomic E-state index is 0.0557. The topological polar surface area (TPSA) is 41.1 Å². The van der Waals surface area contributed by atoms with E-state index in [9.17, 15) is 4.79 Å². The van der Waals surface area contributed by atoms with Gasteiger partial charge in [-0.3, -0.25) is 4.79 Å². The van der Waals surface area contributed by atoms with Crippen LogP contribution in [0.4, 0.5) is 0 Å². The predicted octanol–water partition coefficient (Wildman–Crippen LogP) is 2.82. The number of hydrogen-bond donors (Lipinski definition) is 2. The van der Waals surface area contributed by atoms with Gasteiger partial charge in [-0.05, 0) is 29.9 Å². The molecule has 0 aliphatic carbocycles. The van der Waals surface area contributed by atoms with Crippen molar-refractivity contribution in [2.45, 2.75) is 34.2 Å². The van der Waals surface area contributed by atoms with Gasteiger partial charge in [0.2, 0.25) is 5.91 Å². The normalized spacial score (nSPS) is 11.3. The number of hydrogen-bond acceptors (Lipinski definition) is 2. The largest absolute Gasteiger partial charge is 0.351 e. The fourth-order valence-corrected chi connectivity index (χ4v) is 2.45. The van der Waals surface area contributed by atoms with Gasteiger partial charge >= 0.3 is 0 Å². The Morgan fingerprint density at radius 1 is 1.05 bits per heavy atom. The van der Waals surface area contributed by atoms with Crippen molar-refractivity contribution in [3.63, 3.8) is 0 Å². The van der Waals surface area contributed by atoms with Crippen molar-refractivity contribution in [3.8, 4) is 0 Å². The van der Waals surface area contributed by atoms with Crippen molar-refractivity contribution in [2.24, 2.45) is 17.8 Å². The Morgan fingerprint density at radius 2 is 1.65 bits per heavy atom. The van der Waals surface area contributed by atoms with Gasteiger partial charge < -0.3 is 10.6 Å². The standard InChI is InChI=1S/C17H28N2O/c1-13(2)16(14(3)4)11-18-12-17(20)19-10-15-8-6-5-7-9-15/h5-9,13-14,16,18H,10-12H2,1-4H3,(H,19,20). The number of carbonyl (C=O) groups excluding carboxylic acids is 1. The summed E-state index contributed by atoms with van der Waals surface area (Å²) in [6.45, 7) is 10.8. The van der Waals surface area contributed by atoms with E-state index in [4.69, 9.17) is 0 Å². The third kappa shape index (κ3) is 6.20. The summed E-state index contributed by atoms with van der Waals surface area (Å²) in [5.74, 6) is 1.93. The van der Waals surface area contributed by atoms with E-state index < -0.39 is 0 Å². The Hall–Kier alpha value is -1.35. The molecule has 0 radical (unpaired) electrons. The van der Waals surface area contributed by atoms with E-state index in [1.807, 2.05) is 30.3 Å². The Morgan fingerprint density at radius 3 is 2.20 bits per heavy atom. The van der Waals surface area contributed by atoms with Crippen molar-refractivity contribution in [2.75, 3.05) is 13.1 Å². The molecule has 2 N–H and O–H groups in total. The van der Waals surface area contributed by atoms with Crippen LogP contribution in [0.25, 0.3) is 0 Å². The molecular formula is C17H28N2O. The van der Waals surface area contributed by atoms with Gasteiger partial charge in [-0.15, -0.1) is 0 Å². The highest BCUT2D eigenvalue weighted by Gasteiger charge is 2.17. The van der Waals surface area contributed by atoms with Crippen molar-refractivity contribution >= 4 is 5.91 Å². The highest BCUT2D eigenvalue weighted by molar-refractivity contribution is 5.77. The second-order valence-electron chi connectivity index (χ2n) is 6.05. The number of carbonyl (C=O) groups is 1. The molecule has 0 fully saturated rings. The molecule has 1 aromatic rings. The van der Waals surface area contributed by atoms with Crippen LogP contribution in [-0.2, 0) is 11.3 Å². The monoisotopic (exact) mass is 276 g/mol. The fraction of sp³-hybridized carbons (Fsp3) is 0.588. The summed E-state index contributed by atoms with van der Waals surface area (Å²) in [5, 5.41) is 6.20. The zero-order chi connectivity index (χ0) is 15.0. The molecule has 0 aliphatic rings. The van der Waals surface area contributed by atoms with Crippen molar-refractivity contribution < 1.29 is 4.79 Å². The van der Waals surface area contributed by atoms with Gasteiger partial charge in [0.1, 0.15) is 0 Å². The Bertz CT molecular complexity index is 379. The van der Waals surface area contributed by atoms with E-state index in [-0.39, 0.29) is 5.91 Å². The first kappa shape index (κ1) is 16.7. The molecule has 20 heavy (non-hydrogen) atoms. The number of benzene rings is 1. The van der Waals surface area contributed by atoms with Crippen molar-refractivity contribution in [1.82, 2.24) is 10.6 Å². The molecule has 0 unspecified atom stereocenters. The zero-order valence-corrected chi connectivity index (χ0v) is 13.1. The lowest BCUT2D eigenvalue weighted by molar-refractivity contribution is -0.120. The van der Waals surface area contributed by atoms with Crippen LogP contribution < -0.4 is 10.6 Å². The average Bonchev–Trinajstić information content (AvgIpc) is 2.41. The molecule has 0 saturated carbocycles. The third-order valence-electron chi connectivity index (χ3n) is 3.71. The summed E-state index contributed by atoms with van der Waals surface area (Å²) in [4.78, 5) is 11.8. The van der Waals surface area contributed by atoms with Crippen LogP contribution in [0.15, 0.2) is 30.3 Å². The second-order valence-corrected chi connectivity index (χ2v) is 6.05. The maximum atomic E-state index is 11.8. The lowest BCUT2D eigenvalue weighted by Crippen LogP contribution is -2.37. The van der Waals surface area contributed by atoms with Gasteiger partial charge in [-0.25, -0.2) is 0 Å². The Labute approximate surface area is 123 Å². The molecule has 3 heteroatoms. The molecule has 0 aliphatic heterocycles. The van der Waals surface area contributed by atoms with Crippen LogP contribution >= 0.6 is 0 Å². The SMILES string of the molecule is CC(C)C(CNCC(=O)NCc1ccccc1)C(C)C. The first-order valence-corrected chi connectivity index (χ1v) is 7.52.